The summed E-state index contributed by atoms with van der Waals surface area (Å²) in [4.78, 5) is 0. The highest BCUT2D eigenvalue weighted by atomic mass is 16.3. The zero-order chi connectivity index (χ0) is 5.98. The summed E-state index contributed by atoms with van der Waals surface area (Å²) in [5.74, 6) is 0. The summed E-state index contributed by atoms with van der Waals surface area (Å²) < 4.78 is 0. The summed E-state index contributed by atoms with van der Waals surface area (Å²) in [6.45, 7) is 2.24. The highest BCUT2D eigenvalue weighted by Crippen LogP contribution is 2.16. The first-order valence-corrected chi connectivity index (χ1v) is 2.80. The minimum Gasteiger partial charge on any atom is -0.392 e. The summed E-state index contributed by atoms with van der Waals surface area (Å²) in [6, 6.07) is 0. The first-order valence-electron chi connectivity index (χ1n) is 2.80. The molecule has 0 amide bonds. The van der Waals surface area contributed by atoms with E-state index in [4.69, 9.17) is 5.11 Å². The topological polar surface area (TPSA) is 20.2 Å². The van der Waals surface area contributed by atoms with Crippen molar-refractivity contribution in [3.8, 4) is 0 Å². The monoisotopic (exact) mass is 110 g/mol. The van der Waals surface area contributed by atoms with Crippen LogP contribution in [-0.4, -0.2) is 11.7 Å². The number of hydrogen-bond donors (Lipinski definition) is 1. The van der Waals surface area contributed by atoms with Gasteiger partial charge in [0.25, 0.3) is 0 Å². The van der Waals surface area contributed by atoms with Gasteiger partial charge in [-0.05, 0) is 18.9 Å². The Morgan fingerprint density at radius 3 is 2.75 bits per heavy atom. The molecule has 0 aliphatic heterocycles. The molecule has 0 heterocycles. The van der Waals surface area contributed by atoms with Crippen LogP contribution in [0.25, 0.3) is 0 Å². The lowest BCUT2D eigenvalue weighted by Gasteiger charge is -1.93. The van der Waals surface area contributed by atoms with Crippen LogP contribution in [0.1, 0.15) is 13.3 Å². The molecule has 0 saturated heterocycles. The van der Waals surface area contributed by atoms with E-state index < -0.39 is 0 Å². The molecule has 1 N–H and O–H groups in total. The molecule has 1 aliphatic rings. The molecule has 1 rings (SSSR count). The first kappa shape index (κ1) is 5.57. The fraction of sp³-hybridized carbons (Fsp3) is 0.429. The van der Waals surface area contributed by atoms with E-state index in [0.29, 0.717) is 0 Å². The molecule has 0 saturated carbocycles. The average Bonchev–Trinajstić information content (AvgIpc) is 2.14. The molecule has 1 aliphatic carbocycles. The molecular formula is C7H10O. The second kappa shape index (κ2) is 2.14. The maximum atomic E-state index is 8.63. The van der Waals surface area contributed by atoms with Crippen molar-refractivity contribution in [1.29, 1.82) is 0 Å². The van der Waals surface area contributed by atoms with Crippen LogP contribution in [0, 0.1) is 0 Å². The standard InChI is InChI=1S/C7H10O/c1-6-3-2-4-7(6)5-8/h2,4,8H,3,5H2,1H3. The Labute approximate surface area is 49.3 Å². The van der Waals surface area contributed by atoms with Crippen molar-refractivity contribution in [2.24, 2.45) is 0 Å². The van der Waals surface area contributed by atoms with Crippen molar-refractivity contribution in [2.75, 3.05) is 6.61 Å². The van der Waals surface area contributed by atoms with E-state index in [1.54, 1.807) is 0 Å². The van der Waals surface area contributed by atoms with Crippen LogP contribution in [0.15, 0.2) is 23.3 Å². The third kappa shape index (κ3) is 0.819. The molecule has 0 atom stereocenters. The van der Waals surface area contributed by atoms with Crippen molar-refractivity contribution >= 4 is 0 Å². The number of hydrogen-bond acceptors (Lipinski definition) is 1. The summed E-state index contributed by atoms with van der Waals surface area (Å²) in [7, 11) is 0. The maximum Gasteiger partial charge on any atom is 0.0681 e. The maximum absolute atomic E-state index is 8.63. The zero-order valence-electron chi connectivity index (χ0n) is 5.02. The van der Waals surface area contributed by atoms with Crippen LogP contribution in [0.4, 0.5) is 0 Å². The van der Waals surface area contributed by atoms with E-state index in [1.807, 2.05) is 13.0 Å². The molecule has 0 spiro atoms. The van der Waals surface area contributed by atoms with Gasteiger partial charge < -0.3 is 5.11 Å². The van der Waals surface area contributed by atoms with Crippen LogP contribution in [-0.2, 0) is 0 Å². The molecule has 0 radical (unpaired) electrons. The first-order chi connectivity index (χ1) is 3.84. The second-order valence-electron chi connectivity index (χ2n) is 2.07. The van der Waals surface area contributed by atoms with E-state index in [9.17, 15) is 0 Å². The summed E-state index contributed by atoms with van der Waals surface area (Å²) in [6.07, 6.45) is 5.08. The summed E-state index contributed by atoms with van der Waals surface area (Å²) in [5, 5.41) is 8.63. The van der Waals surface area contributed by atoms with Crippen molar-refractivity contribution in [3.63, 3.8) is 0 Å². The molecule has 1 nitrogen and oxygen atoms in total. The molecule has 8 heavy (non-hydrogen) atoms. The van der Waals surface area contributed by atoms with Gasteiger partial charge in [0.2, 0.25) is 0 Å². The molecule has 0 aromatic heterocycles. The molecule has 0 aromatic rings. The number of rotatable bonds is 1. The van der Waals surface area contributed by atoms with Crippen LogP contribution in [0.5, 0.6) is 0 Å². The van der Waals surface area contributed by atoms with Crippen molar-refractivity contribution in [1.82, 2.24) is 0 Å². The Kier molecular flexibility index (Phi) is 1.49. The predicted molar refractivity (Wildman–Crippen MR) is 33.5 cm³/mol. The third-order valence-corrected chi connectivity index (χ3v) is 1.46. The van der Waals surface area contributed by atoms with Gasteiger partial charge in [0.15, 0.2) is 0 Å². The van der Waals surface area contributed by atoms with Gasteiger partial charge in [0.05, 0.1) is 6.61 Å². The molecule has 0 unspecified atom stereocenters. The van der Waals surface area contributed by atoms with Crippen LogP contribution in [0.3, 0.4) is 0 Å². The highest BCUT2D eigenvalue weighted by molar-refractivity contribution is 5.32. The lowest BCUT2D eigenvalue weighted by atomic mass is 10.2. The largest absolute Gasteiger partial charge is 0.392 e. The van der Waals surface area contributed by atoms with Gasteiger partial charge in [-0.1, -0.05) is 17.7 Å². The van der Waals surface area contributed by atoms with E-state index in [-0.39, 0.29) is 6.61 Å². The Morgan fingerprint density at radius 1 is 1.75 bits per heavy atom. The Hall–Kier alpha value is -0.560. The minimum absolute atomic E-state index is 0.197. The Morgan fingerprint density at radius 2 is 2.50 bits per heavy atom. The Bertz CT molecular complexity index is 142. The van der Waals surface area contributed by atoms with E-state index in [1.165, 1.54) is 5.57 Å². The highest BCUT2D eigenvalue weighted by Gasteiger charge is 2.00. The number of aliphatic hydroxyl groups excluding tert-OH is 1. The van der Waals surface area contributed by atoms with Crippen molar-refractivity contribution < 1.29 is 5.11 Å². The van der Waals surface area contributed by atoms with Crippen molar-refractivity contribution in [3.05, 3.63) is 23.3 Å². The third-order valence-electron chi connectivity index (χ3n) is 1.46. The zero-order valence-corrected chi connectivity index (χ0v) is 5.02. The van der Waals surface area contributed by atoms with Gasteiger partial charge in [-0.3, -0.25) is 0 Å². The lowest BCUT2D eigenvalue weighted by Crippen LogP contribution is -1.85. The van der Waals surface area contributed by atoms with Gasteiger partial charge in [0, 0.05) is 0 Å². The lowest BCUT2D eigenvalue weighted by molar-refractivity contribution is 0.334. The van der Waals surface area contributed by atoms with Gasteiger partial charge in [-0.25, -0.2) is 0 Å². The van der Waals surface area contributed by atoms with Crippen molar-refractivity contribution in [2.45, 2.75) is 13.3 Å². The SMILES string of the molecule is CC1=C(CO)C=CC1. The predicted octanol–water partition coefficient (Wildman–Crippen LogP) is 1.26. The molecule has 0 aromatic carbocycles. The Balaban J connectivity index is 2.70. The van der Waals surface area contributed by atoms with E-state index in [0.717, 1.165) is 12.0 Å². The minimum atomic E-state index is 0.197. The average molecular weight is 110 g/mol. The van der Waals surface area contributed by atoms with Gasteiger partial charge in [-0.2, -0.15) is 0 Å². The molecule has 0 bridgehead atoms. The van der Waals surface area contributed by atoms with Crippen LogP contribution < -0.4 is 0 Å². The molecule has 44 valence electrons. The normalized spacial score (nSPS) is 18.2. The van der Waals surface area contributed by atoms with Gasteiger partial charge in [0.1, 0.15) is 0 Å². The number of aliphatic hydroxyl groups is 1. The quantitative estimate of drug-likeness (QED) is 0.538. The van der Waals surface area contributed by atoms with E-state index in [2.05, 4.69) is 6.08 Å². The summed E-state index contributed by atoms with van der Waals surface area (Å²) >= 11 is 0. The van der Waals surface area contributed by atoms with Crippen LogP contribution >= 0.6 is 0 Å². The van der Waals surface area contributed by atoms with Gasteiger partial charge >= 0.3 is 0 Å². The molecular weight excluding hydrogens is 100 g/mol. The van der Waals surface area contributed by atoms with E-state index >= 15 is 0 Å². The fourth-order valence-corrected chi connectivity index (χ4v) is 0.839. The molecule has 0 fully saturated rings. The molecule has 1 heteroatoms. The number of allylic oxidation sites excluding steroid dienone is 2. The second-order valence-corrected chi connectivity index (χ2v) is 2.07. The summed E-state index contributed by atoms with van der Waals surface area (Å²) in [5.41, 5.74) is 2.39. The fourth-order valence-electron chi connectivity index (χ4n) is 0.839. The van der Waals surface area contributed by atoms with Crippen LogP contribution in [0.2, 0.25) is 0 Å². The van der Waals surface area contributed by atoms with Gasteiger partial charge in [-0.15, -0.1) is 0 Å². The smallest absolute Gasteiger partial charge is 0.0681 e.